The predicted molar refractivity (Wildman–Crippen MR) is 69.0 cm³/mol. The average Bonchev–Trinajstić information content (AvgIpc) is 2.30. The smallest absolute Gasteiger partial charge is 0.331 e. The molecule has 1 atom stereocenters. The lowest BCUT2D eigenvalue weighted by Gasteiger charge is -2.20. The van der Waals surface area contributed by atoms with Crippen LogP contribution in [0.25, 0.3) is 0 Å². The van der Waals surface area contributed by atoms with Crippen LogP contribution >= 0.6 is 0 Å². The van der Waals surface area contributed by atoms with Crippen LogP contribution in [-0.2, 0) is 4.79 Å². The summed E-state index contributed by atoms with van der Waals surface area (Å²) >= 11 is 0. The number of nitrogens with one attached hydrogen (secondary N) is 1. The molecule has 0 rings (SSSR count). The zero-order valence-corrected chi connectivity index (χ0v) is 11.1. The summed E-state index contributed by atoms with van der Waals surface area (Å²) in [6, 6.07) is 0. The summed E-state index contributed by atoms with van der Waals surface area (Å²) in [4.78, 5) is 10.7. The van der Waals surface area contributed by atoms with Crippen LogP contribution < -0.4 is 5.32 Å². The number of hydrogen-bond donors (Lipinski definition) is 3. The molecule has 0 bridgehead atoms. The summed E-state index contributed by atoms with van der Waals surface area (Å²) in [5, 5.41) is 21.7. The minimum Gasteiger partial charge on any atom is -0.478 e. The second-order valence-electron chi connectivity index (χ2n) is 4.19. The molecular weight excluding hydrogens is 218 g/mol. The van der Waals surface area contributed by atoms with Gasteiger partial charge in [0.15, 0.2) is 0 Å². The van der Waals surface area contributed by atoms with Gasteiger partial charge >= 0.3 is 5.97 Å². The second-order valence-corrected chi connectivity index (χ2v) is 4.19. The number of carboxylic acids is 1. The van der Waals surface area contributed by atoms with Gasteiger partial charge in [-0.25, -0.2) is 4.79 Å². The van der Waals surface area contributed by atoms with Crippen LogP contribution in [0.15, 0.2) is 11.6 Å². The molecule has 0 saturated carbocycles. The van der Waals surface area contributed by atoms with Crippen molar-refractivity contribution in [3.05, 3.63) is 11.6 Å². The lowest BCUT2D eigenvalue weighted by Crippen LogP contribution is -2.32. The van der Waals surface area contributed by atoms with Crippen LogP contribution in [0.4, 0.5) is 0 Å². The van der Waals surface area contributed by atoms with Crippen LogP contribution in [0.2, 0.25) is 0 Å². The summed E-state index contributed by atoms with van der Waals surface area (Å²) in [5.41, 5.74) is 0.412. The Morgan fingerprint density at radius 3 is 2.29 bits per heavy atom. The molecule has 0 aromatic heterocycles. The molecule has 4 heteroatoms. The minimum absolute atomic E-state index is 0.316. The Morgan fingerprint density at radius 1 is 1.29 bits per heavy atom. The van der Waals surface area contributed by atoms with E-state index in [1.54, 1.807) is 6.08 Å². The number of rotatable bonds is 9. The van der Waals surface area contributed by atoms with E-state index in [1.807, 2.05) is 6.92 Å². The third-order valence-electron chi connectivity index (χ3n) is 3.09. The second kappa shape index (κ2) is 9.19. The zero-order valence-electron chi connectivity index (χ0n) is 11.1. The molecule has 0 aliphatic rings. The first-order valence-electron chi connectivity index (χ1n) is 6.37. The van der Waals surface area contributed by atoms with Crippen molar-refractivity contribution < 1.29 is 15.0 Å². The van der Waals surface area contributed by atoms with Gasteiger partial charge in [-0.3, -0.25) is 0 Å². The molecule has 0 aliphatic heterocycles. The topological polar surface area (TPSA) is 69.6 Å². The molecule has 0 aliphatic carbocycles. The number of hydrogen-bond acceptors (Lipinski definition) is 3. The Morgan fingerprint density at radius 2 is 1.88 bits per heavy atom. The molecular formula is C13H25NO3. The zero-order chi connectivity index (χ0) is 13.3. The fourth-order valence-corrected chi connectivity index (χ4v) is 1.81. The molecule has 17 heavy (non-hydrogen) atoms. The van der Waals surface area contributed by atoms with Gasteiger partial charge in [-0.15, -0.1) is 0 Å². The molecule has 0 radical (unpaired) electrons. The number of aliphatic hydroxyl groups is 1. The molecule has 3 N–H and O–H groups in total. The van der Waals surface area contributed by atoms with E-state index >= 15 is 0 Å². The van der Waals surface area contributed by atoms with Gasteiger partial charge in [0.05, 0.1) is 6.10 Å². The first kappa shape index (κ1) is 16.1. The van der Waals surface area contributed by atoms with Crippen molar-refractivity contribution >= 4 is 5.97 Å². The quantitative estimate of drug-likeness (QED) is 0.426. The summed E-state index contributed by atoms with van der Waals surface area (Å²) in [6.45, 7) is 6.96. The van der Waals surface area contributed by atoms with Gasteiger partial charge in [0.2, 0.25) is 0 Å². The highest BCUT2D eigenvalue weighted by molar-refractivity contribution is 5.86. The maximum absolute atomic E-state index is 10.7. The first-order chi connectivity index (χ1) is 8.06. The maximum atomic E-state index is 10.7. The van der Waals surface area contributed by atoms with Gasteiger partial charge in [0, 0.05) is 18.7 Å². The Kier molecular flexibility index (Phi) is 8.72. The van der Waals surface area contributed by atoms with E-state index in [1.165, 1.54) is 0 Å². The van der Waals surface area contributed by atoms with Gasteiger partial charge in [0.1, 0.15) is 0 Å². The third-order valence-corrected chi connectivity index (χ3v) is 3.09. The van der Waals surface area contributed by atoms with E-state index in [4.69, 9.17) is 5.11 Å². The van der Waals surface area contributed by atoms with Crippen molar-refractivity contribution in [2.75, 3.05) is 13.1 Å². The van der Waals surface area contributed by atoms with Crippen molar-refractivity contribution in [2.24, 2.45) is 5.92 Å². The van der Waals surface area contributed by atoms with Crippen molar-refractivity contribution in [3.63, 3.8) is 0 Å². The lowest BCUT2D eigenvalue weighted by atomic mass is 9.96. The van der Waals surface area contributed by atoms with Crippen LogP contribution in [0.3, 0.4) is 0 Å². The molecule has 4 nitrogen and oxygen atoms in total. The Balaban J connectivity index is 3.94. The normalized spacial score (nSPS) is 14.1. The standard InChI is InChI=1S/C13H25NO3/c1-4-10(5-2)12(15)9-14-8-7-11(6-3)13(16)17/h7,10,12,14-15H,4-6,8-9H2,1-3H3,(H,16,17)/b11-7-. The minimum atomic E-state index is -0.866. The fraction of sp³-hybridized carbons (Fsp3) is 0.769. The molecule has 0 spiro atoms. The fourth-order valence-electron chi connectivity index (χ4n) is 1.81. The van der Waals surface area contributed by atoms with E-state index in [2.05, 4.69) is 19.2 Å². The number of carbonyl (C=O) groups is 1. The molecule has 0 amide bonds. The van der Waals surface area contributed by atoms with Gasteiger partial charge < -0.3 is 15.5 Å². The molecule has 0 aromatic carbocycles. The molecule has 0 saturated heterocycles. The van der Waals surface area contributed by atoms with Gasteiger partial charge in [-0.1, -0.05) is 39.7 Å². The summed E-state index contributed by atoms with van der Waals surface area (Å²) < 4.78 is 0. The van der Waals surface area contributed by atoms with E-state index < -0.39 is 5.97 Å². The molecule has 0 heterocycles. The summed E-state index contributed by atoms with van der Waals surface area (Å²) in [5.74, 6) is -0.550. The number of aliphatic hydroxyl groups excluding tert-OH is 1. The SMILES string of the molecule is CC/C(=C/CNCC(O)C(CC)CC)C(=O)O. The highest BCUT2D eigenvalue weighted by Crippen LogP contribution is 2.12. The molecule has 0 fully saturated rings. The van der Waals surface area contributed by atoms with E-state index in [0.29, 0.717) is 31.0 Å². The maximum Gasteiger partial charge on any atom is 0.331 e. The van der Waals surface area contributed by atoms with Crippen LogP contribution in [0, 0.1) is 5.92 Å². The van der Waals surface area contributed by atoms with Gasteiger partial charge in [0.25, 0.3) is 0 Å². The lowest BCUT2D eigenvalue weighted by molar-refractivity contribution is -0.132. The Hall–Kier alpha value is -0.870. The Labute approximate surface area is 104 Å². The highest BCUT2D eigenvalue weighted by Gasteiger charge is 2.14. The van der Waals surface area contributed by atoms with Crippen molar-refractivity contribution in [1.82, 2.24) is 5.32 Å². The van der Waals surface area contributed by atoms with Crippen molar-refractivity contribution in [1.29, 1.82) is 0 Å². The third kappa shape index (κ3) is 6.44. The van der Waals surface area contributed by atoms with Crippen molar-refractivity contribution in [2.45, 2.75) is 46.1 Å². The monoisotopic (exact) mass is 243 g/mol. The Bertz CT molecular complexity index is 247. The van der Waals surface area contributed by atoms with Gasteiger partial charge in [-0.2, -0.15) is 0 Å². The summed E-state index contributed by atoms with van der Waals surface area (Å²) in [6.07, 6.45) is 3.76. The highest BCUT2D eigenvalue weighted by atomic mass is 16.4. The van der Waals surface area contributed by atoms with Crippen LogP contribution in [0.5, 0.6) is 0 Å². The predicted octanol–water partition coefficient (Wildman–Crippen LogP) is 1.79. The van der Waals surface area contributed by atoms with E-state index in [0.717, 1.165) is 12.8 Å². The van der Waals surface area contributed by atoms with Crippen molar-refractivity contribution in [3.8, 4) is 0 Å². The number of aliphatic carboxylic acids is 1. The van der Waals surface area contributed by atoms with Gasteiger partial charge in [-0.05, 0) is 12.3 Å². The van der Waals surface area contributed by atoms with Crippen LogP contribution in [-0.4, -0.2) is 35.4 Å². The first-order valence-corrected chi connectivity index (χ1v) is 6.37. The van der Waals surface area contributed by atoms with Crippen LogP contribution in [0.1, 0.15) is 40.0 Å². The molecule has 100 valence electrons. The molecule has 1 unspecified atom stereocenters. The largest absolute Gasteiger partial charge is 0.478 e. The average molecular weight is 243 g/mol. The molecule has 0 aromatic rings. The van der Waals surface area contributed by atoms with E-state index in [-0.39, 0.29) is 6.10 Å². The number of carboxylic acid groups (broad SMARTS) is 1. The van der Waals surface area contributed by atoms with E-state index in [9.17, 15) is 9.90 Å². The summed E-state index contributed by atoms with van der Waals surface area (Å²) in [7, 11) is 0.